The van der Waals surface area contributed by atoms with E-state index >= 15 is 0 Å². The van der Waals surface area contributed by atoms with Crippen LogP contribution in [-0.2, 0) is 9.84 Å². The third-order valence-electron chi connectivity index (χ3n) is 2.65. The quantitative estimate of drug-likeness (QED) is 0.778. The average Bonchev–Trinajstić information content (AvgIpc) is 2.28. The van der Waals surface area contributed by atoms with Crippen molar-refractivity contribution < 1.29 is 13.2 Å². The SMILES string of the molecule is CCCCNC(=O)N1CCSCC1S(C)(=O)=O. The average molecular weight is 280 g/mol. The van der Waals surface area contributed by atoms with Crippen molar-refractivity contribution in [3.63, 3.8) is 0 Å². The maximum Gasteiger partial charge on any atom is 0.318 e. The molecule has 2 amide bonds. The van der Waals surface area contributed by atoms with E-state index in [1.165, 1.54) is 11.2 Å². The molecule has 1 saturated heterocycles. The van der Waals surface area contributed by atoms with E-state index in [9.17, 15) is 13.2 Å². The molecule has 1 atom stereocenters. The van der Waals surface area contributed by atoms with Gasteiger partial charge in [0, 0.05) is 30.9 Å². The summed E-state index contributed by atoms with van der Waals surface area (Å²) < 4.78 is 23.2. The summed E-state index contributed by atoms with van der Waals surface area (Å²) in [5.41, 5.74) is 0. The first-order valence-electron chi connectivity index (χ1n) is 5.78. The number of thioether (sulfide) groups is 1. The van der Waals surface area contributed by atoms with Crippen LogP contribution in [0.2, 0.25) is 0 Å². The lowest BCUT2D eigenvalue weighted by molar-refractivity contribution is 0.196. The van der Waals surface area contributed by atoms with Gasteiger partial charge in [-0.3, -0.25) is 0 Å². The first-order valence-corrected chi connectivity index (χ1v) is 8.88. The zero-order valence-electron chi connectivity index (χ0n) is 10.3. The molecule has 1 aliphatic heterocycles. The largest absolute Gasteiger partial charge is 0.338 e. The highest BCUT2D eigenvalue weighted by Crippen LogP contribution is 2.20. The van der Waals surface area contributed by atoms with Crippen LogP contribution in [0.1, 0.15) is 19.8 Å². The molecule has 1 rings (SSSR count). The molecule has 0 aromatic heterocycles. The number of amides is 2. The van der Waals surface area contributed by atoms with Gasteiger partial charge in [-0.05, 0) is 6.42 Å². The number of unbranched alkanes of at least 4 members (excludes halogenated alkanes) is 1. The van der Waals surface area contributed by atoms with E-state index in [4.69, 9.17) is 0 Å². The zero-order valence-corrected chi connectivity index (χ0v) is 11.9. The summed E-state index contributed by atoms with van der Waals surface area (Å²) in [6.07, 6.45) is 3.11. The predicted octanol–water partition coefficient (Wildman–Crippen LogP) is 0.916. The molecule has 7 heteroatoms. The Morgan fingerprint density at radius 2 is 2.24 bits per heavy atom. The lowest BCUT2D eigenvalue weighted by Gasteiger charge is -2.33. The van der Waals surface area contributed by atoms with Crippen molar-refractivity contribution in [2.45, 2.75) is 25.1 Å². The van der Waals surface area contributed by atoms with Crippen LogP contribution in [0.3, 0.4) is 0 Å². The number of hydrogen-bond acceptors (Lipinski definition) is 4. The molecule has 1 N–H and O–H groups in total. The molecule has 0 radical (unpaired) electrons. The summed E-state index contributed by atoms with van der Waals surface area (Å²) >= 11 is 1.58. The fourth-order valence-electron chi connectivity index (χ4n) is 1.64. The van der Waals surface area contributed by atoms with Crippen LogP contribution >= 0.6 is 11.8 Å². The van der Waals surface area contributed by atoms with Crippen molar-refractivity contribution in [3.8, 4) is 0 Å². The van der Waals surface area contributed by atoms with Gasteiger partial charge in [0.1, 0.15) is 5.37 Å². The van der Waals surface area contributed by atoms with Crippen molar-refractivity contribution in [2.24, 2.45) is 0 Å². The molecule has 1 fully saturated rings. The lowest BCUT2D eigenvalue weighted by atomic mass is 10.3. The van der Waals surface area contributed by atoms with Crippen LogP contribution in [0.5, 0.6) is 0 Å². The van der Waals surface area contributed by atoms with Gasteiger partial charge in [-0.1, -0.05) is 13.3 Å². The highest BCUT2D eigenvalue weighted by Gasteiger charge is 2.33. The Balaban J connectivity index is 2.62. The van der Waals surface area contributed by atoms with Gasteiger partial charge >= 0.3 is 6.03 Å². The number of hydrogen-bond donors (Lipinski definition) is 1. The number of nitrogens with one attached hydrogen (secondary N) is 1. The van der Waals surface area contributed by atoms with Crippen LogP contribution in [0.4, 0.5) is 4.79 Å². The predicted molar refractivity (Wildman–Crippen MR) is 71.0 cm³/mol. The molecule has 0 aromatic rings. The zero-order chi connectivity index (χ0) is 12.9. The minimum Gasteiger partial charge on any atom is -0.338 e. The van der Waals surface area contributed by atoms with E-state index in [1.54, 1.807) is 11.8 Å². The first-order chi connectivity index (χ1) is 7.96. The second kappa shape index (κ2) is 6.49. The van der Waals surface area contributed by atoms with Gasteiger partial charge in [-0.15, -0.1) is 0 Å². The Labute approximate surface area is 107 Å². The second-order valence-electron chi connectivity index (χ2n) is 4.14. The van der Waals surface area contributed by atoms with Gasteiger partial charge in [0.25, 0.3) is 0 Å². The van der Waals surface area contributed by atoms with E-state index in [-0.39, 0.29) is 6.03 Å². The normalized spacial score (nSPS) is 21.3. The molecular weight excluding hydrogens is 260 g/mol. The highest BCUT2D eigenvalue weighted by atomic mass is 32.2. The number of urea groups is 1. The molecule has 0 spiro atoms. The summed E-state index contributed by atoms with van der Waals surface area (Å²) in [5.74, 6) is 1.27. The van der Waals surface area contributed by atoms with Crippen molar-refractivity contribution in [1.29, 1.82) is 0 Å². The van der Waals surface area contributed by atoms with E-state index in [0.29, 0.717) is 18.8 Å². The Bertz CT molecular complexity index is 357. The van der Waals surface area contributed by atoms with Gasteiger partial charge in [0.15, 0.2) is 9.84 Å². The summed E-state index contributed by atoms with van der Waals surface area (Å²) in [7, 11) is -3.21. The molecule has 0 saturated carbocycles. The molecule has 0 bridgehead atoms. The topological polar surface area (TPSA) is 66.5 Å². The third-order valence-corrected chi connectivity index (χ3v) is 5.29. The van der Waals surface area contributed by atoms with Gasteiger partial charge in [-0.2, -0.15) is 11.8 Å². The van der Waals surface area contributed by atoms with Crippen LogP contribution in [0, 0.1) is 0 Å². The monoisotopic (exact) mass is 280 g/mol. The molecule has 0 aliphatic carbocycles. The van der Waals surface area contributed by atoms with Crippen LogP contribution in [0.15, 0.2) is 0 Å². The maximum absolute atomic E-state index is 11.9. The van der Waals surface area contributed by atoms with Crippen molar-refractivity contribution in [2.75, 3.05) is 30.9 Å². The van der Waals surface area contributed by atoms with Crippen LogP contribution < -0.4 is 5.32 Å². The highest BCUT2D eigenvalue weighted by molar-refractivity contribution is 8.00. The Hall–Kier alpha value is -0.430. The van der Waals surface area contributed by atoms with Crippen LogP contribution in [-0.4, -0.2) is 55.6 Å². The molecule has 1 heterocycles. The molecule has 1 unspecified atom stereocenters. The van der Waals surface area contributed by atoms with Gasteiger partial charge < -0.3 is 10.2 Å². The lowest BCUT2D eigenvalue weighted by Crippen LogP contribution is -2.53. The molecule has 17 heavy (non-hydrogen) atoms. The van der Waals surface area contributed by atoms with E-state index in [1.807, 2.05) is 6.92 Å². The number of sulfone groups is 1. The molecular formula is C10H20N2O3S2. The third kappa shape index (κ3) is 4.39. The summed E-state index contributed by atoms with van der Waals surface area (Å²) in [4.78, 5) is 13.3. The van der Waals surface area contributed by atoms with Gasteiger partial charge in [-0.25, -0.2) is 13.2 Å². The fourth-order valence-corrected chi connectivity index (χ4v) is 4.46. The van der Waals surface area contributed by atoms with Crippen molar-refractivity contribution in [3.05, 3.63) is 0 Å². The first kappa shape index (κ1) is 14.6. The van der Waals surface area contributed by atoms with Gasteiger partial charge in [0.2, 0.25) is 0 Å². The minimum atomic E-state index is -3.21. The van der Waals surface area contributed by atoms with Crippen molar-refractivity contribution >= 4 is 27.6 Å². The molecule has 100 valence electrons. The molecule has 0 aromatic carbocycles. The number of nitrogens with zero attached hydrogens (tertiary/aromatic N) is 1. The summed E-state index contributed by atoms with van der Waals surface area (Å²) in [5, 5.41) is 2.09. The summed E-state index contributed by atoms with van der Waals surface area (Å²) in [6, 6.07) is -0.255. The molecule has 1 aliphatic rings. The van der Waals surface area contributed by atoms with E-state index < -0.39 is 15.2 Å². The number of carbonyl (C=O) groups is 1. The molecule has 5 nitrogen and oxygen atoms in total. The fraction of sp³-hybridized carbons (Fsp3) is 0.900. The van der Waals surface area contributed by atoms with Crippen molar-refractivity contribution in [1.82, 2.24) is 10.2 Å². The standard InChI is InChI=1S/C10H20N2O3S2/c1-3-4-5-11-10(13)12-6-7-16-8-9(12)17(2,14)15/h9H,3-8H2,1-2H3,(H,11,13). The Kier molecular flexibility index (Phi) is 5.58. The van der Waals surface area contributed by atoms with Gasteiger partial charge in [0.05, 0.1) is 0 Å². The number of carbonyl (C=O) groups excluding carboxylic acids is 1. The number of rotatable bonds is 4. The van der Waals surface area contributed by atoms with Crippen LogP contribution in [0.25, 0.3) is 0 Å². The minimum absolute atomic E-state index is 0.255. The smallest absolute Gasteiger partial charge is 0.318 e. The van der Waals surface area contributed by atoms with E-state index in [2.05, 4.69) is 5.32 Å². The summed E-state index contributed by atoms with van der Waals surface area (Å²) in [6.45, 7) is 3.15. The maximum atomic E-state index is 11.9. The Morgan fingerprint density at radius 3 is 2.82 bits per heavy atom. The second-order valence-corrected chi connectivity index (χ2v) is 7.49. The Morgan fingerprint density at radius 1 is 1.53 bits per heavy atom. The van der Waals surface area contributed by atoms with E-state index in [0.717, 1.165) is 18.6 Å².